The maximum absolute atomic E-state index is 11.5. The van der Waals surface area contributed by atoms with E-state index < -0.39 is 18.0 Å². The number of phenols is 2. The van der Waals surface area contributed by atoms with Crippen molar-refractivity contribution < 1.29 is 30.0 Å². The van der Waals surface area contributed by atoms with Crippen LogP contribution in [0.4, 0.5) is 5.69 Å². The average Bonchev–Trinajstić information content (AvgIpc) is 2.91. The summed E-state index contributed by atoms with van der Waals surface area (Å²) in [6, 6.07) is 4.69. The van der Waals surface area contributed by atoms with Crippen LogP contribution in [0.3, 0.4) is 0 Å². The van der Waals surface area contributed by atoms with Crippen molar-refractivity contribution in [3.63, 3.8) is 0 Å². The summed E-state index contributed by atoms with van der Waals surface area (Å²) in [5, 5.41) is 37.7. The van der Waals surface area contributed by atoms with Crippen LogP contribution >= 0.6 is 0 Å². The minimum Gasteiger partial charge on any atom is -0.504 e. The standard InChI is InChI=1S/C17H14N2O6/c20-14-7-10-6-13(17(24)25)19(12(10)8-15(14)21)4-2-9-1-3-18-11(5-9)16(22)23/h1-5,7-8,13,20-21H,6H2,(H,22,23)(H,24,25)/t13-/m0/s1. The average molecular weight is 342 g/mol. The molecule has 0 spiro atoms. The SMILES string of the molecule is O=C(O)c1cc(C=CN2c3cc(O)c(O)cc3C[C@H]2C(=O)O)ccn1. The number of hydrogen-bond acceptors (Lipinski definition) is 6. The molecule has 4 N–H and O–H groups in total. The smallest absolute Gasteiger partial charge is 0.354 e. The van der Waals surface area contributed by atoms with Gasteiger partial charge in [-0.2, -0.15) is 0 Å². The van der Waals surface area contributed by atoms with Crippen molar-refractivity contribution in [2.75, 3.05) is 4.90 Å². The summed E-state index contributed by atoms with van der Waals surface area (Å²) in [4.78, 5) is 27.7. The Labute approximate surface area is 141 Å². The highest BCUT2D eigenvalue weighted by molar-refractivity contribution is 5.87. The van der Waals surface area contributed by atoms with Crippen molar-refractivity contribution in [3.05, 3.63) is 53.5 Å². The number of carboxylic acids is 2. The van der Waals surface area contributed by atoms with Gasteiger partial charge in [-0.3, -0.25) is 0 Å². The van der Waals surface area contributed by atoms with Crippen LogP contribution in [0, 0.1) is 0 Å². The maximum Gasteiger partial charge on any atom is 0.354 e. The van der Waals surface area contributed by atoms with E-state index in [-0.39, 0.29) is 23.6 Å². The highest BCUT2D eigenvalue weighted by Gasteiger charge is 2.34. The number of hydrogen-bond donors (Lipinski definition) is 4. The Morgan fingerprint density at radius 1 is 1.16 bits per heavy atom. The monoisotopic (exact) mass is 342 g/mol. The van der Waals surface area contributed by atoms with Gasteiger partial charge in [-0.05, 0) is 35.4 Å². The highest BCUT2D eigenvalue weighted by atomic mass is 16.4. The number of fused-ring (bicyclic) bond motifs is 1. The van der Waals surface area contributed by atoms with Gasteiger partial charge in [0.25, 0.3) is 0 Å². The van der Waals surface area contributed by atoms with Crippen molar-refractivity contribution in [2.45, 2.75) is 12.5 Å². The number of carboxylic acid groups (broad SMARTS) is 2. The third-order valence-corrected chi connectivity index (χ3v) is 3.92. The third kappa shape index (κ3) is 3.09. The number of rotatable bonds is 4. The van der Waals surface area contributed by atoms with Crippen molar-refractivity contribution in [1.29, 1.82) is 0 Å². The van der Waals surface area contributed by atoms with E-state index in [1.807, 2.05) is 0 Å². The second-order valence-electron chi connectivity index (χ2n) is 5.53. The Morgan fingerprint density at radius 3 is 2.56 bits per heavy atom. The lowest BCUT2D eigenvalue weighted by Crippen LogP contribution is -2.34. The Morgan fingerprint density at radius 2 is 1.88 bits per heavy atom. The van der Waals surface area contributed by atoms with Crippen LogP contribution in [0.2, 0.25) is 0 Å². The van der Waals surface area contributed by atoms with E-state index in [2.05, 4.69) is 4.98 Å². The van der Waals surface area contributed by atoms with Gasteiger partial charge in [-0.1, -0.05) is 0 Å². The van der Waals surface area contributed by atoms with Gasteiger partial charge in [0, 0.05) is 30.6 Å². The Bertz CT molecular complexity index is 893. The van der Waals surface area contributed by atoms with Crippen LogP contribution in [-0.4, -0.2) is 43.4 Å². The zero-order chi connectivity index (χ0) is 18.1. The molecule has 0 saturated heterocycles. The number of phenolic OH excluding ortho intramolecular Hbond substituents is 2. The van der Waals surface area contributed by atoms with Crippen LogP contribution < -0.4 is 4.90 Å². The van der Waals surface area contributed by atoms with Crippen LogP contribution in [0.5, 0.6) is 11.5 Å². The lowest BCUT2D eigenvalue weighted by atomic mass is 10.1. The first kappa shape index (κ1) is 16.3. The summed E-state index contributed by atoms with van der Waals surface area (Å²) in [7, 11) is 0. The number of aromatic nitrogens is 1. The number of pyridine rings is 1. The molecular weight excluding hydrogens is 328 g/mol. The first-order valence-corrected chi connectivity index (χ1v) is 7.30. The second-order valence-corrected chi connectivity index (χ2v) is 5.53. The minimum atomic E-state index is -1.16. The predicted octanol–water partition coefficient (Wildman–Crippen LogP) is 1.68. The van der Waals surface area contributed by atoms with Gasteiger partial charge < -0.3 is 25.3 Å². The molecule has 1 aromatic carbocycles. The molecule has 0 amide bonds. The molecule has 25 heavy (non-hydrogen) atoms. The fraction of sp³-hybridized carbons (Fsp3) is 0.118. The number of aromatic hydroxyl groups is 2. The number of aromatic carboxylic acids is 1. The largest absolute Gasteiger partial charge is 0.504 e. The topological polar surface area (TPSA) is 131 Å². The molecule has 2 heterocycles. The van der Waals surface area contributed by atoms with Crippen LogP contribution in [-0.2, 0) is 11.2 Å². The van der Waals surface area contributed by atoms with Crippen molar-refractivity contribution >= 4 is 23.7 Å². The lowest BCUT2D eigenvalue weighted by molar-refractivity contribution is -0.138. The van der Waals surface area contributed by atoms with Gasteiger partial charge in [-0.15, -0.1) is 0 Å². The second kappa shape index (κ2) is 6.16. The molecular formula is C17H14N2O6. The van der Waals surface area contributed by atoms with Gasteiger partial charge >= 0.3 is 11.9 Å². The first-order chi connectivity index (χ1) is 11.9. The Balaban J connectivity index is 1.97. The number of nitrogens with zero attached hydrogens (tertiary/aromatic N) is 2. The molecule has 8 nitrogen and oxygen atoms in total. The van der Waals surface area contributed by atoms with Gasteiger partial charge in [0.2, 0.25) is 0 Å². The summed E-state index contributed by atoms with van der Waals surface area (Å²) in [6.07, 6.45) is 4.57. The van der Waals surface area contributed by atoms with Gasteiger partial charge in [0.05, 0.1) is 0 Å². The van der Waals surface area contributed by atoms with Crippen LogP contribution in [0.15, 0.2) is 36.7 Å². The molecule has 0 fully saturated rings. The van der Waals surface area contributed by atoms with Gasteiger partial charge in [0.1, 0.15) is 11.7 Å². The van der Waals surface area contributed by atoms with E-state index in [4.69, 9.17) is 5.11 Å². The van der Waals surface area contributed by atoms with Gasteiger partial charge in [-0.25, -0.2) is 14.6 Å². The molecule has 1 aliphatic heterocycles. The van der Waals surface area contributed by atoms with Gasteiger partial charge in [0.15, 0.2) is 11.5 Å². The molecule has 1 aliphatic rings. The summed E-state index contributed by atoms with van der Waals surface area (Å²) in [6.45, 7) is 0. The van der Waals surface area contributed by atoms with E-state index in [9.17, 15) is 24.9 Å². The molecule has 3 rings (SSSR count). The molecule has 0 aliphatic carbocycles. The Hall–Kier alpha value is -3.55. The van der Waals surface area contributed by atoms with Crippen LogP contribution in [0.1, 0.15) is 21.6 Å². The number of aliphatic carboxylic acids is 1. The normalized spacial score (nSPS) is 16.2. The molecule has 0 bridgehead atoms. The number of anilines is 1. The van der Waals surface area contributed by atoms with Crippen molar-refractivity contribution in [2.24, 2.45) is 0 Å². The molecule has 0 saturated carbocycles. The molecule has 8 heteroatoms. The van der Waals surface area contributed by atoms with Crippen LogP contribution in [0.25, 0.3) is 6.08 Å². The quantitative estimate of drug-likeness (QED) is 0.617. The predicted molar refractivity (Wildman–Crippen MR) is 87.6 cm³/mol. The minimum absolute atomic E-state index is 0.124. The maximum atomic E-state index is 11.5. The van der Waals surface area contributed by atoms with E-state index in [1.165, 1.54) is 35.5 Å². The first-order valence-electron chi connectivity index (χ1n) is 7.30. The molecule has 1 aromatic heterocycles. The molecule has 2 aromatic rings. The summed E-state index contributed by atoms with van der Waals surface area (Å²) < 4.78 is 0. The summed E-state index contributed by atoms with van der Waals surface area (Å²) in [5.41, 5.74) is 1.47. The zero-order valence-corrected chi connectivity index (χ0v) is 12.8. The van der Waals surface area contributed by atoms with E-state index >= 15 is 0 Å². The molecule has 1 atom stereocenters. The van der Waals surface area contributed by atoms with E-state index in [1.54, 1.807) is 12.1 Å². The highest BCUT2D eigenvalue weighted by Crippen LogP contribution is 2.40. The molecule has 128 valence electrons. The number of carbonyl (C=O) groups is 2. The summed E-state index contributed by atoms with van der Waals surface area (Å²) in [5.74, 6) is -2.87. The van der Waals surface area contributed by atoms with E-state index in [0.717, 1.165) is 0 Å². The van der Waals surface area contributed by atoms with E-state index in [0.29, 0.717) is 16.8 Å². The van der Waals surface area contributed by atoms with Crippen molar-refractivity contribution in [1.82, 2.24) is 4.98 Å². The fourth-order valence-electron chi connectivity index (χ4n) is 2.71. The summed E-state index contributed by atoms with van der Waals surface area (Å²) >= 11 is 0. The fourth-order valence-corrected chi connectivity index (χ4v) is 2.71. The zero-order valence-electron chi connectivity index (χ0n) is 12.8. The lowest BCUT2D eigenvalue weighted by Gasteiger charge is -2.20. The number of benzene rings is 1. The Kier molecular flexibility index (Phi) is 4.02. The third-order valence-electron chi connectivity index (χ3n) is 3.92. The molecule has 0 unspecified atom stereocenters. The van der Waals surface area contributed by atoms with Crippen molar-refractivity contribution in [3.8, 4) is 11.5 Å². The molecule has 0 radical (unpaired) electrons.